The molecule has 8 heteroatoms. The van der Waals surface area contributed by atoms with E-state index in [1.54, 1.807) is 29.9 Å². The van der Waals surface area contributed by atoms with Gasteiger partial charge in [0.05, 0.1) is 22.5 Å². The summed E-state index contributed by atoms with van der Waals surface area (Å²) in [6.07, 6.45) is 9.80. The van der Waals surface area contributed by atoms with Gasteiger partial charge in [0.2, 0.25) is 5.95 Å². The number of hydrogen-bond acceptors (Lipinski definition) is 6. The van der Waals surface area contributed by atoms with Crippen molar-refractivity contribution in [3.8, 4) is 11.3 Å². The Morgan fingerprint density at radius 1 is 1.13 bits per heavy atom. The maximum Gasteiger partial charge on any atom is 0.261 e. The van der Waals surface area contributed by atoms with Crippen molar-refractivity contribution in [1.82, 2.24) is 25.5 Å². The van der Waals surface area contributed by atoms with E-state index in [1.165, 1.54) is 23.3 Å². The minimum Gasteiger partial charge on any atom is -0.347 e. The minimum absolute atomic E-state index is 0.00856. The van der Waals surface area contributed by atoms with Crippen molar-refractivity contribution in [3.63, 3.8) is 0 Å². The first-order valence-corrected chi connectivity index (χ1v) is 11.1. The second-order valence-electron chi connectivity index (χ2n) is 7.52. The van der Waals surface area contributed by atoms with Crippen LogP contribution in [0.25, 0.3) is 11.3 Å². The molecule has 7 nitrogen and oxygen atoms in total. The highest BCUT2D eigenvalue weighted by Gasteiger charge is 2.17. The lowest BCUT2D eigenvalue weighted by molar-refractivity contribution is 0.0955. The van der Waals surface area contributed by atoms with Crippen LogP contribution in [0.1, 0.15) is 38.5 Å². The quantitative estimate of drug-likeness (QED) is 0.419. The average Bonchev–Trinajstić information content (AvgIpc) is 3.48. The van der Waals surface area contributed by atoms with Gasteiger partial charge >= 0.3 is 0 Å². The van der Waals surface area contributed by atoms with Crippen molar-refractivity contribution < 1.29 is 4.79 Å². The van der Waals surface area contributed by atoms with Gasteiger partial charge < -0.3 is 10.6 Å². The van der Waals surface area contributed by atoms with E-state index in [2.05, 4.69) is 36.9 Å². The molecule has 31 heavy (non-hydrogen) atoms. The topological polar surface area (TPSA) is 95.6 Å². The number of anilines is 2. The van der Waals surface area contributed by atoms with Crippen LogP contribution in [0.2, 0.25) is 0 Å². The van der Waals surface area contributed by atoms with Gasteiger partial charge in [0.1, 0.15) is 0 Å². The summed E-state index contributed by atoms with van der Waals surface area (Å²) in [5.74, 6) is 0.517. The van der Waals surface area contributed by atoms with E-state index < -0.39 is 0 Å². The fourth-order valence-corrected chi connectivity index (χ4v) is 4.86. The number of benzene rings is 1. The van der Waals surface area contributed by atoms with E-state index in [4.69, 9.17) is 0 Å². The Hall–Kier alpha value is -3.52. The molecule has 1 aliphatic rings. The van der Waals surface area contributed by atoms with E-state index in [1.807, 2.05) is 30.3 Å². The van der Waals surface area contributed by atoms with Crippen LogP contribution in [0.4, 0.5) is 11.6 Å². The van der Waals surface area contributed by atoms with Crippen molar-refractivity contribution in [2.24, 2.45) is 0 Å². The van der Waals surface area contributed by atoms with E-state index in [9.17, 15) is 4.79 Å². The van der Waals surface area contributed by atoms with Crippen LogP contribution in [0.5, 0.6) is 0 Å². The average molecular weight is 431 g/mol. The molecule has 0 bridgehead atoms. The number of nitrogens with one attached hydrogen (secondary N) is 3. The highest BCUT2D eigenvalue weighted by Crippen LogP contribution is 2.29. The van der Waals surface area contributed by atoms with Crippen LogP contribution in [0, 0.1) is 0 Å². The second-order valence-corrected chi connectivity index (χ2v) is 8.66. The van der Waals surface area contributed by atoms with Crippen LogP contribution in [0.3, 0.4) is 0 Å². The zero-order chi connectivity index (χ0) is 21.0. The molecule has 3 N–H and O–H groups in total. The molecule has 1 aromatic carbocycles. The van der Waals surface area contributed by atoms with Crippen LogP contribution < -0.4 is 10.6 Å². The zero-order valence-electron chi connectivity index (χ0n) is 16.9. The number of aryl methyl sites for hydroxylation is 2. The third-order valence-corrected chi connectivity index (χ3v) is 6.57. The summed E-state index contributed by atoms with van der Waals surface area (Å²) in [6, 6.07) is 12.0. The standard InChI is InChI=1S/C23H22N6OS/c30-22(21-11-17-3-1-2-4-20(17)31-21)25-12-15-5-7-16(8-6-15)19-9-10-24-23(29-19)28-18-13-26-27-14-18/h5-11,13-14H,1-4,12H2,(H,25,30)(H,26,27)(H,24,28,29). The first-order chi connectivity index (χ1) is 15.2. The molecular weight excluding hydrogens is 408 g/mol. The minimum atomic E-state index is 0.00856. The molecule has 4 aromatic rings. The maximum absolute atomic E-state index is 12.6. The molecule has 0 saturated heterocycles. The summed E-state index contributed by atoms with van der Waals surface area (Å²) in [5, 5.41) is 12.8. The molecular formula is C23H22N6OS. The molecule has 3 heterocycles. The van der Waals surface area contributed by atoms with Crippen molar-refractivity contribution >= 4 is 28.9 Å². The van der Waals surface area contributed by atoms with Gasteiger partial charge in [-0.15, -0.1) is 11.3 Å². The molecule has 0 radical (unpaired) electrons. The molecule has 0 saturated carbocycles. The molecule has 0 aliphatic heterocycles. The Morgan fingerprint density at radius 2 is 2.00 bits per heavy atom. The Morgan fingerprint density at radius 3 is 2.81 bits per heavy atom. The molecule has 0 fully saturated rings. The van der Waals surface area contributed by atoms with Gasteiger partial charge in [0, 0.05) is 29.4 Å². The van der Waals surface area contributed by atoms with Gasteiger partial charge in [0.25, 0.3) is 5.91 Å². The third-order valence-electron chi connectivity index (χ3n) is 5.33. The smallest absolute Gasteiger partial charge is 0.261 e. The monoisotopic (exact) mass is 430 g/mol. The third kappa shape index (κ3) is 4.49. The second kappa shape index (κ2) is 8.69. The number of nitrogens with zero attached hydrogens (tertiary/aromatic N) is 3. The Balaban J connectivity index is 1.22. The van der Waals surface area contributed by atoms with Gasteiger partial charge in [-0.25, -0.2) is 9.97 Å². The lowest BCUT2D eigenvalue weighted by Crippen LogP contribution is -2.21. The van der Waals surface area contributed by atoms with Crippen LogP contribution in [-0.4, -0.2) is 26.1 Å². The van der Waals surface area contributed by atoms with E-state index in [0.717, 1.165) is 40.2 Å². The zero-order valence-corrected chi connectivity index (χ0v) is 17.7. The number of thiophene rings is 1. The largest absolute Gasteiger partial charge is 0.347 e. The number of H-pyrrole nitrogens is 1. The SMILES string of the molecule is O=C(NCc1ccc(-c2ccnc(Nc3cn[nH]c3)n2)cc1)c1cc2c(s1)CCCC2. The lowest BCUT2D eigenvalue weighted by atomic mass is 9.99. The van der Waals surface area contributed by atoms with E-state index in [-0.39, 0.29) is 5.91 Å². The highest BCUT2D eigenvalue weighted by atomic mass is 32.1. The van der Waals surface area contributed by atoms with Crippen LogP contribution >= 0.6 is 11.3 Å². The first kappa shape index (κ1) is 19.4. The summed E-state index contributed by atoms with van der Waals surface area (Å²) >= 11 is 1.64. The van der Waals surface area contributed by atoms with Gasteiger partial charge in [-0.05, 0) is 48.9 Å². The molecule has 1 aliphatic carbocycles. The maximum atomic E-state index is 12.6. The van der Waals surface area contributed by atoms with Crippen LogP contribution in [-0.2, 0) is 19.4 Å². The molecule has 156 valence electrons. The molecule has 5 rings (SSSR count). The predicted molar refractivity (Wildman–Crippen MR) is 121 cm³/mol. The Bertz CT molecular complexity index is 1160. The van der Waals surface area contributed by atoms with Gasteiger partial charge in [-0.3, -0.25) is 9.89 Å². The van der Waals surface area contributed by atoms with Crippen molar-refractivity contribution in [3.05, 3.63) is 75.9 Å². The summed E-state index contributed by atoms with van der Waals surface area (Å²) < 4.78 is 0. The number of aromatic amines is 1. The number of rotatable bonds is 6. The highest BCUT2D eigenvalue weighted by molar-refractivity contribution is 7.14. The fraction of sp³-hybridized carbons (Fsp3) is 0.217. The van der Waals surface area contributed by atoms with Crippen LogP contribution in [0.15, 0.2) is 55.0 Å². The molecule has 0 spiro atoms. The lowest BCUT2D eigenvalue weighted by Gasteiger charge is -2.08. The molecule has 0 atom stereocenters. The van der Waals surface area contributed by atoms with Gasteiger partial charge in [0.15, 0.2) is 0 Å². The van der Waals surface area contributed by atoms with E-state index >= 15 is 0 Å². The number of carbonyl (C=O) groups excluding carboxylic acids is 1. The normalized spacial score (nSPS) is 12.9. The predicted octanol–water partition coefficient (Wildman–Crippen LogP) is 4.48. The Kier molecular flexibility index (Phi) is 5.45. The van der Waals surface area contributed by atoms with Gasteiger partial charge in [-0.1, -0.05) is 24.3 Å². The number of hydrogen-bond donors (Lipinski definition) is 3. The van der Waals surface area contributed by atoms with Crippen molar-refractivity contribution in [1.29, 1.82) is 0 Å². The molecule has 3 aromatic heterocycles. The molecule has 1 amide bonds. The number of carbonyl (C=O) groups is 1. The van der Waals surface area contributed by atoms with E-state index in [0.29, 0.717) is 12.5 Å². The Labute approximate surface area is 184 Å². The summed E-state index contributed by atoms with van der Waals surface area (Å²) in [4.78, 5) is 23.6. The summed E-state index contributed by atoms with van der Waals surface area (Å²) in [6.45, 7) is 0.499. The number of amides is 1. The van der Waals surface area contributed by atoms with Crippen molar-refractivity contribution in [2.45, 2.75) is 32.2 Å². The summed E-state index contributed by atoms with van der Waals surface area (Å²) in [7, 11) is 0. The number of fused-ring (bicyclic) bond motifs is 1. The molecule has 0 unspecified atom stereocenters. The fourth-order valence-electron chi connectivity index (χ4n) is 3.69. The first-order valence-electron chi connectivity index (χ1n) is 10.3. The van der Waals surface area contributed by atoms with Crippen molar-refractivity contribution in [2.75, 3.05) is 5.32 Å². The van der Waals surface area contributed by atoms with Gasteiger partial charge in [-0.2, -0.15) is 5.10 Å². The summed E-state index contributed by atoms with van der Waals surface area (Å²) in [5.41, 5.74) is 5.01. The number of aromatic nitrogens is 4.